The molecule has 0 unspecified atom stereocenters. The van der Waals surface area contributed by atoms with Crippen molar-refractivity contribution in [1.29, 1.82) is 0 Å². The van der Waals surface area contributed by atoms with Gasteiger partial charge >= 0.3 is 0 Å². The van der Waals surface area contributed by atoms with Crippen LogP contribution < -0.4 is 0 Å². The zero-order valence-corrected chi connectivity index (χ0v) is 9.15. The predicted octanol–water partition coefficient (Wildman–Crippen LogP) is 3.19. The summed E-state index contributed by atoms with van der Waals surface area (Å²) in [6, 6.07) is 1.99. The predicted molar refractivity (Wildman–Crippen MR) is 60.0 cm³/mol. The first-order valence-corrected chi connectivity index (χ1v) is 5.69. The van der Waals surface area contributed by atoms with E-state index in [0.29, 0.717) is 11.5 Å². The Morgan fingerprint density at radius 2 is 2.00 bits per heavy atom. The minimum atomic E-state index is 0.619. The Labute approximate surface area is 90.7 Å². The molecule has 2 heteroatoms. The molecule has 0 saturated heterocycles. The van der Waals surface area contributed by atoms with E-state index in [4.69, 9.17) is 0 Å². The van der Waals surface area contributed by atoms with Gasteiger partial charge in [-0.1, -0.05) is 19.8 Å². The van der Waals surface area contributed by atoms with Gasteiger partial charge in [0.2, 0.25) is 0 Å². The van der Waals surface area contributed by atoms with Crippen LogP contribution >= 0.6 is 0 Å². The third-order valence-corrected chi connectivity index (χ3v) is 3.40. The Hall–Kier alpha value is -1.18. The Kier molecular flexibility index (Phi) is 3.14. The van der Waals surface area contributed by atoms with Gasteiger partial charge in [-0.25, -0.2) is 0 Å². The maximum atomic E-state index is 10.7. The molecule has 2 rings (SSSR count). The van der Waals surface area contributed by atoms with Gasteiger partial charge in [0.05, 0.1) is 0 Å². The van der Waals surface area contributed by atoms with Crippen molar-refractivity contribution in [2.45, 2.75) is 38.5 Å². The van der Waals surface area contributed by atoms with Crippen LogP contribution in [-0.4, -0.2) is 11.3 Å². The van der Waals surface area contributed by atoms with E-state index in [-0.39, 0.29) is 0 Å². The largest absolute Gasteiger partial charge is 0.298 e. The lowest BCUT2D eigenvalue weighted by atomic mass is 9.80. The van der Waals surface area contributed by atoms with Crippen molar-refractivity contribution in [2.75, 3.05) is 0 Å². The molecular formula is C13H17NO. The van der Waals surface area contributed by atoms with Crippen molar-refractivity contribution in [2.24, 2.45) is 5.92 Å². The summed E-state index contributed by atoms with van der Waals surface area (Å²) in [7, 11) is 0. The van der Waals surface area contributed by atoms with Crippen LogP contribution in [0, 0.1) is 5.92 Å². The number of hydrogen-bond donors (Lipinski definition) is 0. The summed E-state index contributed by atoms with van der Waals surface area (Å²) < 4.78 is 0. The van der Waals surface area contributed by atoms with Gasteiger partial charge in [0.1, 0.15) is 0 Å². The molecule has 1 aromatic rings. The van der Waals surface area contributed by atoms with Crippen LogP contribution in [-0.2, 0) is 0 Å². The van der Waals surface area contributed by atoms with Gasteiger partial charge in [-0.05, 0) is 36.3 Å². The Balaban J connectivity index is 2.11. The zero-order chi connectivity index (χ0) is 10.7. The summed E-state index contributed by atoms with van der Waals surface area (Å²) in [5.41, 5.74) is 1.94. The van der Waals surface area contributed by atoms with E-state index in [1.807, 2.05) is 12.3 Å². The maximum absolute atomic E-state index is 10.7. The fourth-order valence-electron chi connectivity index (χ4n) is 2.36. The molecule has 1 saturated carbocycles. The quantitative estimate of drug-likeness (QED) is 0.691. The molecule has 0 amide bonds. The van der Waals surface area contributed by atoms with Crippen molar-refractivity contribution in [1.82, 2.24) is 4.98 Å². The SMILES string of the molecule is CC1CCC(c2cncc(C=O)c2)CC1. The summed E-state index contributed by atoms with van der Waals surface area (Å²) in [6.07, 6.45) is 9.50. The van der Waals surface area contributed by atoms with Crippen LogP contribution in [0.4, 0.5) is 0 Å². The van der Waals surface area contributed by atoms with E-state index in [2.05, 4.69) is 11.9 Å². The van der Waals surface area contributed by atoms with Crippen molar-refractivity contribution in [3.05, 3.63) is 29.6 Å². The van der Waals surface area contributed by atoms with E-state index < -0.39 is 0 Å². The molecule has 0 bridgehead atoms. The van der Waals surface area contributed by atoms with Crippen molar-refractivity contribution >= 4 is 6.29 Å². The van der Waals surface area contributed by atoms with E-state index in [1.54, 1.807) is 6.20 Å². The van der Waals surface area contributed by atoms with Gasteiger partial charge in [0.15, 0.2) is 6.29 Å². The molecule has 1 aliphatic rings. The van der Waals surface area contributed by atoms with Crippen molar-refractivity contribution in [3.63, 3.8) is 0 Å². The molecule has 0 N–H and O–H groups in total. The number of rotatable bonds is 2. The lowest BCUT2D eigenvalue weighted by Gasteiger charge is -2.26. The summed E-state index contributed by atoms with van der Waals surface area (Å²) in [4.78, 5) is 14.8. The van der Waals surface area contributed by atoms with Crippen LogP contribution in [0.2, 0.25) is 0 Å². The number of carbonyl (C=O) groups excluding carboxylic acids is 1. The molecule has 1 aliphatic carbocycles. The van der Waals surface area contributed by atoms with Gasteiger partial charge in [-0.3, -0.25) is 9.78 Å². The highest BCUT2D eigenvalue weighted by Crippen LogP contribution is 2.35. The first-order valence-electron chi connectivity index (χ1n) is 5.69. The van der Waals surface area contributed by atoms with E-state index >= 15 is 0 Å². The first-order chi connectivity index (χ1) is 7.29. The van der Waals surface area contributed by atoms with Gasteiger partial charge in [0, 0.05) is 18.0 Å². The van der Waals surface area contributed by atoms with Crippen LogP contribution in [0.1, 0.15) is 54.4 Å². The molecule has 2 nitrogen and oxygen atoms in total. The van der Waals surface area contributed by atoms with Crippen molar-refractivity contribution in [3.8, 4) is 0 Å². The summed E-state index contributed by atoms with van der Waals surface area (Å²) in [6.45, 7) is 2.32. The molecule has 0 atom stereocenters. The Morgan fingerprint density at radius 3 is 2.67 bits per heavy atom. The van der Waals surface area contributed by atoms with Gasteiger partial charge < -0.3 is 0 Å². The second-order valence-electron chi connectivity index (χ2n) is 4.63. The highest BCUT2D eigenvalue weighted by atomic mass is 16.1. The normalized spacial score (nSPS) is 26.2. The second-order valence-corrected chi connectivity index (χ2v) is 4.63. The standard InChI is InChI=1S/C13H17NO/c1-10-2-4-12(5-3-10)13-6-11(9-15)7-14-8-13/h6-10,12H,2-5H2,1H3. The lowest BCUT2D eigenvalue weighted by molar-refractivity contribution is 0.112. The van der Waals surface area contributed by atoms with Crippen LogP contribution in [0.15, 0.2) is 18.5 Å². The highest BCUT2D eigenvalue weighted by molar-refractivity contribution is 5.74. The number of nitrogens with zero attached hydrogens (tertiary/aromatic N) is 1. The smallest absolute Gasteiger partial charge is 0.151 e. The molecule has 0 radical (unpaired) electrons. The van der Waals surface area contributed by atoms with Crippen molar-refractivity contribution < 1.29 is 4.79 Å². The minimum absolute atomic E-state index is 0.619. The monoisotopic (exact) mass is 203 g/mol. The van der Waals surface area contributed by atoms with Crippen LogP contribution in [0.5, 0.6) is 0 Å². The van der Waals surface area contributed by atoms with Gasteiger partial charge in [0.25, 0.3) is 0 Å². The fraction of sp³-hybridized carbons (Fsp3) is 0.538. The number of aromatic nitrogens is 1. The lowest BCUT2D eigenvalue weighted by Crippen LogP contribution is -2.11. The minimum Gasteiger partial charge on any atom is -0.298 e. The molecule has 80 valence electrons. The number of pyridine rings is 1. The molecule has 0 aromatic carbocycles. The number of carbonyl (C=O) groups is 1. The van der Waals surface area contributed by atoms with Gasteiger partial charge in [-0.2, -0.15) is 0 Å². The van der Waals surface area contributed by atoms with Gasteiger partial charge in [-0.15, -0.1) is 0 Å². The highest BCUT2D eigenvalue weighted by Gasteiger charge is 2.19. The summed E-state index contributed by atoms with van der Waals surface area (Å²) >= 11 is 0. The first kappa shape index (κ1) is 10.3. The third kappa shape index (κ3) is 2.44. The average molecular weight is 203 g/mol. The molecule has 1 heterocycles. The molecular weight excluding hydrogens is 186 g/mol. The topological polar surface area (TPSA) is 30.0 Å². The number of aldehydes is 1. The molecule has 0 aliphatic heterocycles. The average Bonchev–Trinajstić information content (AvgIpc) is 2.30. The van der Waals surface area contributed by atoms with E-state index in [1.165, 1.54) is 31.2 Å². The summed E-state index contributed by atoms with van der Waals surface area (Å²) in [5, 5.41) is 0. The molecule has 1 aromatic heterocycles. The van der Waals surface area contributed by atoms with E-state index in [9.17, 15) is 4.79 Å². The third-order valence-electron chi connectivity index (χ3n) is 3.40. The fourth-order valence-corrected chi connectivity index (χ4v) is 2.36. The second kappa shape index (κ2) is 4.56. The zero-order valence-electron chi connectivity index (χ0n) is 9.15. The molecule has 15 heavy (non-hydrogen) atoms. The van der Waals surface area contributed by atoms with Crippen LogP contribution in [0.3, 0.4) is 0 Å². The van der Waals surface area contributed by atoms with E-state index in [0.717, 1.165) is 12.2 Å². The van der Waals surface area contributed by atoms with Crippen LogP contribution in [0.25, 0.3) is 0 Å². The Morgan fingerprint density at radius 1 is 1.27 bits per heavy atom. The molecule has 1 fully saturated rings. The Bertz CT molecular complexity index is 340. The number of hydrogen-bond acceptors (Lipinski definition) is 2. The maximum Gasteiger partial charge on any atom is 0.151 e. The summed E-state index contributed by atoms with van der Waals surface area (Å²) in [5.74, 6) is 1.48. The molecule has 0 spiro atoms.